The summed E-state index contributed by atoms with van der Waals surface area (Å²) >= 11 is 3.09. The van der Waals surface area contributed by atoms with E-state index in [1.165, 1.54) is 10.3 Å². The molecule has 0 fully saturated rings. The molecule has 7 nitrogen and oxygen atoms in total. The Morgan fingerprint density at radius 2 is 1.81 bits per heavy atom. The molecule has 2 heterocycles. The van der Waals surface area contributed by atoms with Crippen molar-refractivity contribution in [2.75, 3.05) is 6.54 Å². The maximum Gasteiger partial charge on any atom is 0.451 e. The molecule has 1 aliphatic rings. The van der Waals surface area contributed by atoms with Gasteiger partial charge in [0.05, 0.1) is 6.54 Å². The number of thiol groups is 1. The third kappa shape index (κ3) is 6.11. The summed E-state index contributed by atoms with van der Waals surface area (Å²) in [6, 6.07) is 0.184. The van der Waals surface area contributed by atoms with E-state index in [0.717, 1.165) is 4.57 Å². The van der Waals surface area contributed by atoms with Crippen LogP contribution in [0.5, 0.6) is 0 Å². The molecule has 1 atom stereocenters. The van der Waals surface area contributed by atoms with Gasteiger partial charge in [-0.1, -0.05) is 12.6 Å². The Balaban J connectivity index is 0.00000107. The number of hydrogen-bond donors (Lipinski definition) is 2. The highest BCUT2D eigenvalue weighted by Gasteiger charge is 2.40. The van der Waals surface area contributed by atoms with Crippen molar-refractivity contribution in [2.45, 2.75) is 38.1 Å². The quantitative estimate of drug-likeness (QED) is 0.312. The molecule has 14 heteroatoms. The highest BCUT2D eigenvalue weighted by atomic mass is 32.1. The van der Waals surface area contributed by atoms with Crippen molar-refractivity contribution >= 4 is 18.5 Å². The van der Waals surface area contributed by atoms with E-state index >= 15 is 0 Å². The zero-order valence-electron chi connectivity index (χ0n) is 15.7. The average Bonchev–Trinajstić information content (AvgIpc) is 3.10. The number of alkyl halides is 3. The minimum atomic E-state index is -4.64. The van der Waals surface area contributed by atoms with Crippen molar-refractivity contribution in [1.29, 1.82) is 5.26 Å². The SMILES string of the molecule is N#CS.N[C@@H](CC(=O)N1CCn2c(nnc2C(F)(F)F)C1)Cc1cc(F)c(F)cc1F. The lowest BCUT2D eigenvalue weighted by Crippen LogP contribution is -2.42. The number of aromatic nitrogens is 3. The zero-order valence-corrected chi connectivity index (χ0v) is 16.6. The third-order valence-electron chi connectivity index (χ3n) is 4.37. The van der Waals surface area contributed by atoms with Crippen molar-refractivity contribution in [3.8, 4) is 5.40 Å². The highest BCUT2D eigenvalue weighted by Crippen LogP contribution is 2.29. The summed E-state index contributed by atoms with van der Waals surface area (Å²) in [7, 11) is 0. The number of carbonyl (C=O) groups is 1. The molecule has 0 unspecified atom stereocenters. The molecule has 3 rings (SSSR count). The predicted molar refractivity (Wildman–Crippen MR) is 97.7 cm³/mol. The number of carbonyl (C=O) groups excluding carboxylic acids is 1. The van der Waals surface area contributed by atoms with E-state index in [1.807, 2.05) is 0 Å². The molecule has 2 N–H and O–H groups in total. The molecular weight excluding hydrogens is 450 g/mol. The van der Waals surface area contributed by atoms with Crippen LogP contribution in [0.25, 0.3) is 0 Å². The van der Waals surface area contributed by atoms with Gasteiger partial charge in [-0.25, -0.2) is 13.2 Å². The third-order valence-corrected chi connectivity index (χ3v) is 4.37. The standard InChI is InChI=1S/C16H15F6N5O.CHNS/c17-10-6-12(19)11(18)4-8(10)3-9(23)5-14(28)26-1-2-27-13(7-26)24-25-15(27)16(20,21)22;2-1-3/h4,6,9H,1-3,5,7,23H2;3H/t9-;/m1./s1. The lowest BCUT2D eigenvalue weighted by atomic mass is 10.0. The van der Waals surface area contributed by atoms with Gasteiger partial charge in [-0.3, -0.25) is 4.79 Å². The first-order valence-corrected chi connectivity index (χ1v) is 9.11. The molecule has 0 spiro atoms. The number of amides is 1. The van der Waals surface area contributed by atoms with Crippen LogP contribution in [-0.2, 0) is 30.5 Å². The van der Waals surface area contributed by atoms with Crippen LogP contribution in [0.3, 0.4) is 0 Å². The highest BCUT2D eigenvalue weighted by molar-refractivity contribution is 7.85. The second-order valence-corrected chi connectivity index (χ2v) is 6.73. The van der Waals surface area contributed by atoms with Gasteiger partial charge in [0.15, 0.2) is 17.5 Å². The van der Waals surface area contributed by atoms with Crippen LogP contribution in [0.15, 0.2) is 12.1 Å². The van der Waals surface area contributed by atoms with Crippen molar-refractivity contribution in [2.24, 2.45) is 5.73 Å². The van der Waals surface area contributed by atoms with Gasteiger partial charge < -0.3 is 15.2 Å². The minimum Gasteiger partial charge on any atom is -0.333 e. The van der Waals surface area contributed by atoms with Crippen molar-refractivity contribution < 1.29 is 31.1 Å². The normalized spacial score (nSPS) is 14.2. The zero-order chi connectivity index (χ0) is 23.3. The van der Waals surface area contributed by atoms with Crippen LogP contribution >= 0.6 is 12.6 Å². The number of halogens is 6. The fourth-order valence-electron chi connectivity index (χ4n) is 3.01. The summed E-state index contributed by atoms with van der Waals surface area (Å²) in [5.74, 6) is -5.15. The maximum atomic E-state index is 13.7. The van der Waals surface area contributed by atoms with Crippen LogP contribution in [0, 0.1) is 28.1 Å². The second kappa shape index (κ2) is 10.0. The van der Waals surface area contributed by atoms with Gasteiger partial charge in [-0.15, -0.1) is 10.2 Å². The number of thiocyanates is 1. The monoisotopic (exact) mass is 466 g/mol. The van der Waals surface area contributed by atoms with Gasteiger partial charge in [0, 0.05) is 31.6 Å². The molecule has 1 aliphatic heterocycles. The van der Waals surface area contributed by atoms with E-state index in [0.29, 0.717) is 12.1 Å². The van der Waals surface area contributed by atoms with Crippen LogP contribution < -0.4 is 5.73 Å². The van der Waals surface area contributed by atoms with Crippen LogP contribution in [0.2, 0.25) is 0 Å². The summed E-state index contributed by atoms with van der Waals surface area (Å²) in [6.07, 6.45) is -5.11. The maximum absolute atomic E-state index is 13.7. The molecule has 0 radical (unpaired) electrons. The molecule has 0 saturated heterocycles. The molecular formula is C17H16F6N6OS. The number of hydrogen-bond acceptors (Lipinski definition) is 6. The van der Waals surface area contributed by atoms with Gasteiger partial charge in [-0.2, -0.15) is 18.4 Å². The molecule has 0 bridgehead atoms. The van der Waals surface area contributed by atoms with Gasteiger partial charge in [-0.05, 0) is 18.1 Å². The van der Waals surface area contributed by atoms with E-state index in [4.69, 9.17) is 11.0 Å². The van der Waals surface area contributed by atoms with E-state index < -0.39 is 41.4 Å². The van der Waals surface area contributed by atoms with Crippen LogP contribution in [0.4, 0.5) is 26.3 Å². The molecule has 1 aromatic heterocycles. The van der Waals surface area contributed by atoms with Gasteiger partial charge >= 0.3 is 6.18 Å². The Morgan fingerprint density at radius 1 is 1.19 bits per heavy atom. The fraction of sp³-hybridized carbons (Fsp3) is 0.412. The number of rotatable bonds is 4. The smallest absolute Gasteiger partial charge is 0.333 e. The number of nitrogens with zero attached hydrogens (tertiary/aromatic N) is 5. The number of fused-ring (bicyclic) bond motifs is 1. The molecule has 168 valence electrons. The summed E-state index contributed by atoms with van der Waals surface area (Å²) in [5.41, 5.74) is 5.64. The lowest BCUT2D eigenvalue weighted by molar-refractivity contribution is -0.148. The molecule has 1 amide bonds. The predicted octanol–water partition coefficient (Wildman–Crippen LogP) is 2.41. The topological polar surface area (TPSA) is 101 Å². The summed E-state index contributed by atoms with van der Waals surface area (Å²) in [5, 5.41) is 15.2. The molecule has 0 aliphatic carbocycles. The Kier molecular flexibility index (Phi) is 7.91. The molecule has 31 heavy (non-hydrogen) atoms. The average molecular weight is 466 g/mol. The van der Waals surface area contributed by atoms with Crippen molar-refractivity contribution in [3.05, 3.63) is 46.8 Å². The Morgan fingerprint density at radius 3 is 2.42 bits per heavy atom. The van der Waals surface area contributed by atoms with E-state index in [-0.39, 0.29) is 43.9 Å². The first-order chi connectivity index (χ1) is 14.5. The fourth-order valence-corrected chi connectivity index (χ4v) is 3.01. The lowest BCUT2D eigenvalue weighted by Gasteiger charge is -2.29. The number of nitrogens with two attached hydrogens (primary N) is 1. The van der Waals surface area contributed by atoms with E-state index in [2.05, 4.69) is 22.8 Å². The van der Waals surface area contributed by atoms with Crippen LogP contribution in [0.1, 0.15) is 23.6 Å². The van der Waals surface area contributed by atoms with Crippen LogP contribution in [-0.4, -0.2) is 38.2 Å². The van der Waals surface area contributed by atoms with E-state index in [9.17, 15) is 31.1 Å². The van der Waals surface area contributed by atoms with Gasteiger partial charge in [0.2, 0.25) is 11.7 Å². The summed E-state index contributed by atoms with van der Waals surface area (Å²) in [6.45, 7) is -0.302. The number of nitriles is 1. The summed E-state index contributed by atoms with van der Waals surface area (Å²) in [4.78, 5) is 13.6. The Hall–Kier alpha value is -2.79. The Bertz CT molecular complexity index is 989. The summed E-state index contributed by atoms with van der Waals surface area (Å²) < 4.78 is 79.3. The van der Waals surface area contributed by atoms with Crippen molar-refractivity contribution in [1.82, 2.24) is 19.7 Å². The van der Waals surface area contributed by atoms with Crippen molar-refractivity contribution in [3.63, 3.8) is 0 Å². The molecule has 1 aromatic carbocycles. The first-order valence-electron chi connectivity index (χ1n) is 8.67. The first kappa shape index (κ1) is 24.5. The van der Waals surface area contributed by atoms with E-state index in [1.54, 1.807) is 0 Å². The van der Waals surface area contributed by atoms with Gasteiger partial charge in [0.1, 0.15) is 11.2 Å². The number of benzene rings is 1. The molecule has 0 saturated carbocycles. The largest absolute Gasteiger partial charge is 0.451 e. The minimum absolute atomic E-state index is 0.000783. The second-order valence-electron chi connectivity index (χ2n) is 6.53. The Labute approximate surface area is 177 Å². The molecule has 2 aromatic rings. The van der Waals surface area contributed by atoms with Gasteiger partial charge in [0.25, 0.3) is 0 Å².